The standard InChI is InChI=1S/C27H33NO5S/c1-18(2)15-28(34(30,31)27-11-8-20(4)33-27)25-13-22-6-5-7-23(22)14-26(25)32-17-24-10-9-21(16-29)12-19(24)3/h8-14,18,29H,5-7,15-17H2,1-4H3. The normalized spacial score (nSPS) is 13.4. The molecule has 0 saturated carbocycles. The molecule has 34 heavy (non-hydrogen) atoms. The maximum atomic E-state index is 13.7. The van der Waals surface area contributed by atoms with Gasteiger partial charge in [-0.05, 0) is 91.1 Å². The van der Waals surface area contributed by atoms with Crippen LogP contribution in [0.3, 0.4) is 0 Å². The number of aryl methyl sites for hydroxylation is 4. The number of nitrogens with zero attached hydrogens (tertiary/aromatic N) is 1. The highest BCUT2D eigenvalue weighted by molar-refractivity contribution is 7.92. The minimum Gasteiger partial charge on any atom is -0.487 e. The molecular formula is C27H33NO5S. The fourth-order valence-corrected chi connectivity index (χ4v) is 5.98. The van der Waals surface area contributed by atoms with Crippen LogP contribution < -0.4 is 9.04 Å². The number of benzene rings is 2. The zero-order valence-electron chi connectivity index (χ0n) is 20.3. The monoisotopic (exact) mass is 483 g/mol. The summed E-state index contributed by atoms with van der Waals surface area (Å²) in [6.07, 6.45) is 2.94. The molecule has 1 aliphatic carbocycles. The van der Waals surface area contributed by atoms with Gasteiger partial charge in [-0.2, -0.15) is 8.42 Å². The molecule has 3 aromatic rings. The van der Waals surface area contributed by atoms with Crippen molar-refractivity contribution in [1.29, 1.82) is 0 Å². The molecule has 0 bridgehead atoms. The topological polar surface area (TPSA) is 80.0 Å². The summed E-state index contributed by atoms with van der Waals surface area (Å²) in [5.41, 5.74) is 5.79. The van der Waals surface area contributed by atoms with E-state index in [0.717, 1.165) is 36.0 Å². The summed E-state index contributed by atoms with van der Waals surface area (Å²) in [5, 5.41) is 9.33. The van der Waals surface area contributed by atoms with Gasteiger partial charge in [-0.15, -0.1) is 0 Å². The Labute approximate surface area is 202 Å². The van der Waals surface area contributed by atoms with E-state index in [4.69, 9.17) is 9.15 Å². The van der Waals surface area contributed by atoms with Crippen molar-refractivity contribution in [1.82, 2.24) is 0 Å². The Morgan fingerprint density at radius 1 is 1.06 bits per heavy atom. The third-order valence-electron chi connectivity index (χ3n) is 6.21. The van der Waals surface area contributed by atoms with E-state index < -0.39 is 10.0 Å². The summed E-state index contributed by atoms with van der Waals surface area (Å²) < 4.78 is 40.7. The number of aliphatic hydroxyl groups excluding tert-OH is 1. The molecule has 1 aliphatic rings. The first-order valence-corrected chi connectivity index (χ1v) is 13.2. The highest BCUT2D eigenvalue weighted by Gasteiger charge is 2.32. The Morgan fingerprint density at radius 2 is 1.79 bits per heavy atom. The molecule has 7 heteroatoms. The van der Waals surface area contributed by atoms with Gasteiger partial charge in [0.25, 0.3) is 10.0 Å². The van der Waals surface area contributed by atoms with Gasteiger partial charge in [-0.3, -0.25) is 4.31 Å². The van der Waals surface area contributed by atoms with Crippen LogP contribution in [-0.2, 0) is 36.1 Å². The Morgan fingerprint density at radius 3 is 2.41 bits per heavy atom. The van der Waals surface area contributed by atoms with Gasteiger partial charge in [0, 0.05) is 6.54 Å². The van der Waals surface area contributed by atoms with E-state index in [1.165, 1.54) is 21.5 Å². The number of furan rings is 1. The SMILES string of the molecule is Cc1ccc(S(=O)(=O)N(CC(C)C)c2cc3c(cc2OCc2ccc(CO)cc2C)CCC3)o1. The quantitative estimate of drug-likeness (QED) is 0.446. The Bertz CT molecular complexity index is 1280. The van der Waals surface area contributed by atoms with Gasteiger partial charge < -0.3 is 14.3 Å². The predicted molar refractivity (Wildman–Crippen MR) is 133 cm³/mol. The molecule has 0 amide bonds. The molecule has 0 spiro atoms. The third-order valence-corrected chi connectivity index (χ3v) is 7.86. The maximum Gasteiger partial charge on any atom is 0.297 e. The van der Waals surface area contributed by atoms with Crippen LogP contribution in [0.5, 0.6) is 5.75 Å². The second kappa shape index (κ2) is 9.84. The second-order valence-corrected chi connectivity index (χ2v) is 11.2. The van der Waals surface area contributed by atoms with Gasteiger partial charge in [0.05, 0.1) is 12.3 Å². The molecule has 1 heterocycles. The van der Waals surface area contributed by atoms with Crippen molar-refractivity contribution in [3.8, 4) is 5.75 Å². The highest BCUT2D eigenvalue weighted by Crippen LogP contribution is 2.39. The Kier molecular flexibility index (Phi) is 7.05. The summed E-state index contributed by atoms with van der Waals surface area (Å²) >= 11 is 0. The fraction of sp³-hybridized carbons (Fsp3) is 0.407. The fourth-order valence-electron chi connectivity index (χ4n) is 4.39. The van der Waals surface area contributed by atoms with Crippen molar-refractivity contribution >= 4 is 15.7 Å². The second-order valence-electron chi connectivity index (χ2n) is 9.44. The van der Waals surface area contributed by atoms with Crippen molar-refractivity contribution < 1.29 is 22.7 Å². The lowest BCUT2D eigenvalue weighted by Crippen LogP contribution is -2.34. The summed E-state index contributed by atoms with van der Waals surface area (Å²) in [7, 11) is -3.91. The van der Waals surface area contributed by atoms with E-state index in [1.54, 1.807) is 13.0 Å². The molecule has 1 aromatic heterocycles. The molecule has 4 rings (SSSR count). The molecule has 0 atom stereocenters. The maximum absolute atomic E-state index is 13.7. The lowest BCUT2D eigenvalue weighted by atomic mass is 10.1. The number of hydrogen-bond acceptors (Lipinski definition) is 5. The molecule has 0 radical (unpaired) electrons. The van der Waals surface area contributed by atoms with Gasteiger partial charge in [0.15, 0.2) is 0 Å². The van der Waals surface area contributed by atoms with Crippen LogP contribution >= 0.6 is 0 Å². The Hall–Kier alpha value is -2.77. The van der Waals surface area contributed by atoms with Crippen LogP contribution in [0.2, 0.25) is 0 Å². The van der Waals surface area contributed by atoms with Crippen LogP contribution in [0, 0.1) is 19.8 Å². The largest absolute Gasteiger partial charge is 0.487 e. The van der Waals surface area contributed by atoms with Crippen molar-refractivity contribution in [2.75, 3.05) is 10.8 Å². The van der Waals surface area contributed by atoms with Gasteiger partial charge in [0.1, 0.15) is 18.1 Å². The van der Waals surface area contributed by atoms with Crippen molar-refractivity contribution in [3.63, 3.8) is 0 Å². The number of rotatable bonds is 9. The van der Waals surface area contributed by atoms with Crippen LogP contribution in [0.25, 0.3) is 0 Å². The van der Waals surface area contributed by atoms with Crippen molar-refractivity contribution in [2.45, 2.75) is 65.3 Å². The average molecular weight is 484 g/mol. The smallest absolute Gasteiger partial charge is 0.297 e. The van der Waals surface area contributed by atoms with E-state index in [2.05, 4.69) is 0 Å². The zero-order valence-corrected chi connectivity index (χ0v) is 21.1. The number of aliphatic hydroxyl groups is 1. The van der Waals surface area contributed by atoms with Crippen LogP contribution in [-0.4, -0.2) is 20.1 Å². The zero-order chi connectivity index (χ0) is 24.5. The van der Waals surface area contributed by atoms with Gasteiger partial charge >= 0.3 is 0 Å². The Balaban J connectivity index is 1.75. The average Bonchev–Trinajstić information content (AvgIpc) is 3.44. The molecule has 0 aliphatic heterocycles. The van der Waals surface area contributed by atoms with E-state index >= 15 is 0 Å². The van der Waals surface area contributed by atoms with E-state index in [1.807, 2.05) is 51.1 Å². The van der Waals surface area contributed by atoms with Gasteiger partial charge in [-0.1, -0.05) is 32.0 Å². The summed E-state index contributed by atoms with van der Waals surface area (Å²) in [5.74, 6) is 1.20. The van der Waals surface area contributed by atoms with Crippen molar-refractivity contribution in [3.05, 3.63) is 76.0 Å². The molecule has 0 saturated heterocycles. The van der Waals surface area contributed by atoms with E-state index in [9.17, 15) is 13.5 Å². The first kappa shape index (κ1) is 24.4. The van der Waals surface area contributed by atoms with Crippen LogP contribution in [0.4, 0.5) is 5.69 Å². The van der Waals surface area contributed by atoms with Gasteiger partial charge in [0.2, 0.25) is 5.09 Å². The minimum atomic E-state index is -3.91. The minimum absolute atomic E-state index is 0.00871. The predicted octanol–water partition coefficient (Wildman–Crippen LogP) is 5.31. The summed E-state index contributed by atoms with van der Waals surface area (Å²) in [4.78, 5) is 0. The molecule has 1 N–H and O–H groups in total. The van der Waals surface area contributed by atoms with Crippen LogP contribution in [0.15, 0.2) is 52.0 Å². The van der Waals surface area contributed by atoms with Gasteiger partial charge in [-0.25, -0.2) is 0 Å². The first-order valence-electron chi connectivity index (χ1n) is 11.8. The number of sulfonamides is 1. The first-order chi connectivity index (χ1) is 16.2. The van der Waals surface area contributed by atoms with Crippen molar-refractivity contribution in [2.24, 2.45) is 5.92 Å². The molecule has 182 valence electrons. The molecule has 0 unspecified atom stereocenters. The number of ether oxygens (including phenoxy) is 1. The van der Waals surface area contributed by atoms with E-state index in [0.29, 0.717) is 30.3 Å². The van der Waals surface area contributed by atoms with E-state index in [-0.39, 0.29) is 17.6 Å². The lowest BCUT2D eigenvalue weighted by molar-refractivity contribution is 0.281. The third kappa shape index (κ3) is 5.00. The molecule has 0 fully saturated rings. The van der Waals surface area contributed by atoms with Crippen LogP contribution in [0.1, 0.15) is 53.8 Å². The molecular weight excluding hydrogens is 450 g/mol. The summed E-state index contributed by atoms with van der Waals surface area (Å²) in [6.45, 7) is 8.31. The number of fused-ring (bicyclic) bond motifs is 1. The molecule has 2 aromatic carbocycles. The summed E-state index contributed by atoms with van der Waals surface area (Å²) in [6, 6.07) is 12.9. The lowest BCUT2D eigenvalue weighted by Gasteiger charge is -2.28. The number of anilines is 1. The molecule has 6 nitrogen and oxygen atoms in total. The number of hydrogen-bond donors (Lipinski definition) is 1. The highest BCUT2D eigenvalue weighted by atomic mass is 32.2.